The fourth-order valence-corrected chi connectivity index (χ4v) is 1.99. The molecule has 0 fully saturated rings. The Kier molecular flexibility index (Phi) is 11.9. The van der Waals surface area contributed by atoms with Crippen molar-refractivity contribution in [3.05, 3.63) is 10.4 Å². The van der Waals surface area contributed by atoms with E-state index in [4.69, 9.17) is 20.9 Å². The molecule has 28 heavy (non-hydrogen) atoms. The molecular formula is C14H22N6O8. The van der Waals surface area contributed by atoms with Crippen LogP contribution in [0.4, 0.5) is 4.79 Å². The molecule has 1 unspecified atom stereocenters. The maximum absolute atomic E-state index is 11.8. The summed E-state index contributed by atoms with van der Waals surface area (Å²) < 4.78 is 0. The lowest BCUT2D eigenvalue weighted by atomic mass is 10.1. The fourth-order valence-electron chi connectivity index (χ4n) is 1.99. The number of rotatable bonds is 14. The second kappa shape index (κ2) is 13.6. The van der Waals surface area contributed by atoms with Gasteiger partial charge in [-0.1, -0.05) is 5.11 Å². The molecular weight excluding hydrogens is 380 g/mol. The number of hydrogen-bond donors (Lipinski definition) is 6. The molecule has 3 amide bonds. The lowest BCUT2D eigenvalue weighted by Crippen LogP contribution is -2.51. The van der Waals surface area contributed by atoms with Gasteiger partial charge in [-0.15, -0.1) is 0 Å². The van der Waals surface area contributed by atoms with Gasteiger partial charge in [0.25, 0.3) is 0 Å². The maximum Gasteiger partial charge on any atom is 0.326 e. The molecule has 0 aliphatic heterocycles. The number of aliphatic carboxylic acids is 3. The van der Waals surface area contributed by atoms with E-state index in [0.29, 0.717) is 12.8 Å². The van der Waals surface area contributed by atoms with Crippen molar-refractivity contribution >= 4 is 29.8 Å². The van der Waals surface area contributed by atoms with E-state index in [1.165, 1.54) is 0 Å². The van der Waals surface area contributed by atoms with Gasteiger partial charge >= 0.3 is 23.9 Å². The van der Waals surface area contributed by atoms with E-state index in [-0.39, 0.29) is 25.9 Å². The van der Waals surface area contributed by atoms with E-state index in [1.807, 2.05) is 5.32 Å². The highest BCUT2D eigenvalue weighted by atomic mass is 16.4. The van der Waals surface area contributed by atoms with Gasteiger partial charge in [0.1, 0.15) is 18.6 Å². The topological polar surface area (TPSA) is 231 Å². The third-order valence-corrected chi connectivity index (χ3v) is 3.37. The minimum atomic E-state index is -1.48. The summed E-state index contributed by atoms with van der Waals surface area (Å²) in [4.78, 5) is 58.1. The Labute approximate surface area is 158 Å². The predicted octanol–water partition coefficient (Wildman–Crippen LogP) is -0.346. The first kappa shape index (κ1) is 24.5. The zero-order valence-electron chi connectivity index (χ0n) is 14.8. The molecule has 14 nitrogen and oxygen atoms in total. The summed E-state index contributed by atoms with van der Waals surface area (Å²) in [5, 5.41) is 36.3. The summed E-state index contributed by atoms with van der Waals surface area (Å²) in [5.74, 6) is -4.49. The SMILES string of the molecule is [N-]=[N+]=NCC(=O)NCCCC[C@H](NC(=O)NC(CCC(=O)O)C(=O)O)C(=O)O. The van der Waals surface area contributed by atoms with Crippen LogP contribution in [-0.2, 0) is 19.2 Å². The van der Waals surface area contributed by atoms with Gasteiger partial charge in [-0.25, -0.2) is 14.4 Å². The number of nitrogens with zero attached hydrogens (tertiary/aromatic N) is 3. The van der Waals surface area contributed by atoms with E-state index in [1.54, 1.807) is 0 Å². The molecule has 14 heteroatoms. The van der Waals surface area contributed by atoms with Crippen LogP contribution in [0.15, 0.2) is 5.11 Å². The largest absolute Gasteiger partial charge is 0.481 e. The number of carboxylic acids is 3. The first-order valence-electron chi connectivity index (χ1n) is 8.19. The van der Waals surface area contributed by atoms with Crippen molar-refractivity contribution in [1.82, 2.24) is 16.0 Å². The Balaban J connectivity index is 4.37. The first-order chi connectivity index (χ1) is 13.2. The molecule has 2 atom stereocenters. The molecule has 0 aromatic carbocycles. The second-order valence-electron chi connectivity index (χ2n) is 5.57. The average Bonchev–Trinajstić information content (AvgIpc) is 2.61. The quantitative estimate of drug-likeness (QED) is 0.0970. The van der Waals surface area contributed by atoms with Crippen LogP contribution in [-0.4, -0.2) is 70.3 Å². The van der Waals surface area contributed by atoms with E-state index in [2.05, 4.69) is 20.7 Å². The van der Waals surface area contributed by atoms with Crippen LogP contribution in [0.25, 0.3) is 10.4 Å². The van der Waals surface area contributed by atoms with Crippen LogP contribution in [0.5, 0.6) is 0 Å². The highest BCUT2D eigenvalue weighted by molar-refractivity contribution is 5.86. The molecule has 6 N–H and O–H groups in total. The Bertz CT molecular complexity index is 633. The molecule has 0 aliphatic rings. The van der Waals surface area contributed by atoms with Gasteiger partial charge < -0.3 is 31.3 Å². The summed E-state index contributed by atoms with van der Waals surface area (Å²) in [5.41, 5.74) is 8.07. The third kappa shape index (κ3) is 11.9. The number of carbonyl (C=O) groups excluding carboxylic acids is 2. The monoisotopic (exact) mass is 402 g/mol. The van der Waals surface area contributed by atoms with Crippen molar-refractivity contribution in [3.8, 4) is 0 Å². The van der Waals surface area contributed by atoms with Gasteiger partial charge in [-0.3, -0.25) is 9.59 Å². The molecule has 0 saturated heterocycles. The van der Waals surface area contributed by atoms with Crippen molar-refractivity contribution in [3.63, 3.8) is 0 Å². The predicted molar refractivity (Wildman–Crippen MR) is 92.3 cm³/mol. The second-order valence-corrected chi connectivity index (χ2v) is 5.57. The summed E-state index contributed by atoms with van der Waals surface area (Å²) >= 11 is 0. The molecule has 0 rings (SSSR count). The van der Waals surface area contributed by atoms with Crippen LogP contribution in [0.1, 0.15) is 32.1 Å². The molecule has 0 radical (unpaired) electrons. The number of amides is 3. The number of nitrogens with one attached hydrogen (secondary N) is 3. The summed E-state index contributed by atoms with van der Waals surface area (Å²) in [7, 11) is 0. The van der Waals surface area contributed by atoms with Crippen molar-refractivity contribution in [2.75, 3.05) is 13.1 Å². The van der Waals surface area contributed by atoms with E-state index < -0.39 is 48.4 Å². The minimum Gasteiger partial charge on any atom is -0.481 e. The van der Waals surface area contributed by atoms with Gasteiger partial charge in [-0.2, -0.15) is 0 Å². The highest BCUT2D eigenvalue weighted by Gasteiger charge is 2.24. The zero-order chi connectivity index (χ0) is 21.5. The summed E-state index contributed by atoms with van der Waals surface area (Å²) in [6.45, 7) is -0.128. The number of carbonyl (C=O) groups is 5. The molecule has 0 spiro atoms. The van der Waals surface area contributed by atoms with Crippen LogP contribution in [0.2, 0.25) is 0 Å². The maximum atomic E-state index is 11.8. The van der Waals surface area contributed by atoms with Crippen molar-refractivity contribution in [2.45, 2.75) is 44.2 Å². The van der Waals surface area contributed by atoms with E-state index >= 15 is 0 Å². The summed E-state index contributed by atoms with van der Waals surface area (Å²) in [6.07, 6.45) is -0.107. The van der Waals surface area contributed by atoms with E-state index in [9.17, 15) is 24.0 Å². The lowest BCUT2D eigenvalue weighted by Gasteiger charge is -2.18. The standard InChI is InChI=1S/C14H22N6O8/c15-20-17-7-10(21)16-6-2-1-3-8(12(24)25)18-14(28)19-9(13(26)27)4-5-11(22)23/h8-9H,1-7H2,(H,16,21)(H,22,23)(H,24,25)(H,26,27)(H2,18,19,28)/t8-,9?/m0/s1. The Morgan fingerprint density at radius 2 is 1.50 bits per heavy atom. The van der Waals surface area contributed by atoms with Crippen LogP contribution in [0, 0.1) is 0 Å². The number of carboxylic acid groups (broad SMARTS) is 3. The smallest absolute Gasteiger partial charge is 0.326 e. The Hall–Kier alpha value is -3.54. The number of unbranched alkanes of at least 4 members (excludes halogenated alkanes) is 1. The molecule has 0 aliphatic carbocycles. The Morgan fingerprint density at radius 3 is 2.00 bits per heavy atom. The summed E-state index contributed by atoms with van der Waals surface area (Å²) in [6, 6.07) is -3.82. The third-order valence-electron chi connectivity index (χ3n) is 3.37. The first-order valence-corrected chi connectivity index (χ1v) is 8.19. The van der Waals surface area contributed by atoms with Crippen LogP contribution in [0.3, 0.4) is 0 Å². The van der Waals surface area contributed by atoms with Gasteiger partial charge in [0.05, 0.1) is 0 Å². The molecule has 156 valence electrons. The average molecular weight is 402 g/mol. The lowest BCUT2D eigenvalue weighted by molar-refractivity contribution is -0.140. The number of azide groups is 1. The molecule has 0 bridgehead atoms. The molecule has 0 saturated carbocycles. The fraction of sp³-hybridized carbons (Fsp3) is 0.643. The minimum absolute atomic E-state index is 0.0157. The normalized spacial score (nSPS) is 12.0. The number of hydrogen-bond acceptors (Lipinski definition) is 6. The van der Waals surface area contributed by atoms with Gasteiger partial charge in [0.2, 0.25) is 5.91 Å². The van der Waals surface area contributed by atoms with E-state index in [0.717, 1.165) is 0 Å². The van der Waals surface area contributed by atoms with Gasteiger partial charge in [0.15, 0.2) is 0 Å². The zero-order valence-corrected chi connectivity index (χ0v) is 14.8. The molecule has 0 heterocycles. The Morgan fingerprint density at radius 1 is 0.929 bits per heavy atom. The van der Waals surface area contributed by atoms with Gasteiger partial charge in [0, 0.05) is 17.9 Å². The highest BCUT2D eigenvalue weighted by Crippen LogP contribution is 2.03. The number of urea groups is 1. The van der Waals surface area contributed by atoms with Crippen molar-refractivity contribution in [2.24, 2.45) is 5.11 Å². The van der Waals surface area contributed by atoms with Crippen LogP contribution >= 0.6 is 0 Å². The molecule has 0 aromatic rings. The molecule has 0 aromatic heterocycles. The van der Waals surface area contributed by atoms with Crippen LogP contribution < -0.4 is 16.0 Å². The van der Waals surface area contributed by atoms with Crippen molar-refractivity contribution in [1.29, 1.82) is 0 Å². The van der Waals surface area contributed by atoms with Gasteiger partial charge in [-0.05, 0) is 31.2 Å². The van der Waals surface area contributed by atoms with Crippen molar-refractivity contribution < 1.29 is 39.3 Å².